The number of alkyl halides is 2. The van der Waals surface area contributed by atoms with E-state index in [1.54, 1.807) is 6.92 Å². The third-order valence-electron chi connectivity index (χ3n) is 3.99. The highest BCUT2D eigenvalue weighted by Crippen LogP contribution is 2.40. The van der Waals surface area contributed by atoms with E-state index < -0.39 is 51.3 Å². The summed E-state index contributed by atoms with van der Waals surface area (Å²) in [7, 11) is 0. The third kappa shape index (κ3) is 5.65. The Hall–Kier alpha value is -1.29. The molecule has 0 fully saturated rings. The average Bonchev–Trinajstić information content (AvgIpc) is 2.47. The number of benzene rings is 1. The van der Waals surface area contributed by atoms with Gasteiger partial charge in [-0.3, -0.25) is 9.69 Å². The van der Waals surface area contributed by atoms with Crippen LogP contribution in [0, 0.1) is 6.92 Å². The predicted molar refractivity (Wildman–Crippen MR) is 98.0 cm³/mol. The first-order valence-corrected chi connectivity index (χ1v) is 8.62. The van der Waals surface area contributed by atoms with Gasteiger partial charge in [0.25, 0.3) is 0 Å². The second-order valence-electron chi connectivity index (χ2n) is 6.45. The molecule has 0 aliphatic rings. The zero-order chi connectivity index (χ0) is 23.0. The molecule has 0 saturated heterocycles. The monoisotopic (exact) mass is 460 g/mol. The van der Waals surface area contributed by atoms with Gasteiger partial charge in [0, 0.05) is 11.7 Å². The van der Waals surface area contributed by atoms with E-state index in [1.165, 1.54) is 6.07 Å². The fraction of sp³-hybridized carbons (Fsp3) is 0.533. The van der Waals surface area contributed by atoms with Gasteiger partial charge in [0.2, 0.25) is 0 Å². The second kappa shape index (κ2) is 8.45. The molecule has 0 bridgehead atoms. The van der Waals surface area contributed by atoms with Crippen LogP contribution in [0.4, 0.5) is 5.69 Å². The van der Waals surface area contributed by atoms with Crippen LogP contribution < -0.4 is 10.6 Å². The molecular formula is C15H22Cl2N2O10. The zero-order valence-corrected chi connectivity index (χ0v) is 16.4. The molecule has 14 heteroatoms. The Morgan fingerprint density at radius 3 is 1.86 bits per heavy atom. The Balaban J connectivity index is 3.59. The summed E-state index contributed by atoms with van der Waals surface area (Å²) in [5.74, 6) is -9.49. The number of carboxylic acid groups (broad SMARTS) is 1. The summed E-state index contributed by atoms with van der Waals surface area (Å²) in [6.07, 6.45) is -0.501. The molecule has 0 amide bonds. The largest absolute Gasteiger partial charge is 0.481 e. The number of hydrogen-bond donors (Lipinski definition) is 10. The van der Waals surface area contributed by atoms with Gasteiger partial charge >= 0.3 is 28.3 Å². The molecule has 0 saturated carbocycles. The smallest absolute Gasteiger partial charge is 0.324 e. The fourth-order valence-electron chi connectivity index (χ4n) is 2.46. The number of aryl methyl sites for hydroxylation is 1. The summed E-state index contributed by atoms with van der Waals surface area (Å²) in [5.41, 5.74) is 5.84. The number of anilines is 1. The van der Waals surface area contributed by atoms with Crippen LogP contribution in [0.5, 0.6) is 0 Å². The molecular weight excluding hydrogens is 439 g/mol. The molecule has 1 aromatic carbocycles. The van der Waals surface area contributed by atoms with Crippen molar-refractivity contribution in [1.82, 2.24) is 0 Å². The highest BCUT2D eigenvalue weighted by Gasteiger charge is 2.64. The Kier molecular flexibility index (Phi) is 7.50. The first-order chi connectivity index (χ1) is 12.8. The van der Waals surface area contributed by atoms with Gasteiger partial charge in [0.15, 0.2) is 0 Å². The molecule has 0 spiro atoms. The number of aliphatic carboxylic acids is 1. The van der Waals surface area contributed by atoms with Crippen molar-refractivity contribution in [3.05, 3.63) is 29.3 Å². The van der Waals surface area contributed by atoms with Crippen LogP contribution in [0.2, 0.25) is 0 Å². The van der Waals surface area contributed by atoms with Crippen molar-refractivity contribution < 1.29 is 50.8 Å². The predicted octanol–water partition coefficient (Wildman–Crippen LogP) is -2.82. The quantitative estimate of drug-likeness (QED) is 0.133. The Morgan fingerprint density at radius 1 is 1.03 bits per heavy atom. The minimum absolute atomic E-state index is 0.0813. The standard InChI is InChI=1S/C15H22Cl2N2O10/c1-7-2-3-10(5-8(7)4-9(18)6-11(20)21)19(14(26,27)12(16,22)23)15(28,29)13(17,24)25/h2-3,5,9,22-29H,4,6,18H2,1H3,(H,20,21)/t9-/m0/s1. The van der Waals surface area contributed by atoms with Crippen molar-refractivity contribution in [1.29, 1.82) is 0 Å². The highest BCUT2D eigenvalue weighted by atomic mass is 35.5. The first kappa shape index (κ1) is 25.7. The summed E-state index contributed by atoms with van der Waals surface area (Å²) in [6, 6.07) is 2.41. The second-order valence-corrected chi connectivity index (χ2v) is 7.51. The number of hydrogen-bond acceptors (Lipinski definition) is 11. The van der Waals surface area contributed by atoms with Crippen LogP contribution in [-0.4, -0.2) is 80.3 Å². The molecule has 1 aromatic rings. The minimum Gasteiger partial charge on any atom is -0.481 e. The van der Waals surface area contributed by atoms with Gasteiger partial charge in [-0.25, -0.2) is 0 Å². The van der Waals surface area contributed by atoms with E-state index in [1.807, 2.05) is 0 Å². The van der Waals surface area contributed by atoms with Gasteiger partial charge < -0.3 is 51.7 Å². The molecule has 0 aliphatic heterocycles. The van der Waals surface area contributed by atoms with Gasteiger partial charge in [0.05, 0.1) is 6.42 Å². The maximum atomic E-state index is 10.8. The van der Waals surface area contributed by atoms with Gasteiger partial charge in [-0.1, -0.05) is 6.07 Å². The summed E-state index contributed by atoms with van der Waals surface area (Å²) < 4.78 is 0. The number of nitrogens with two attached hydrogens (primary N) is 1. The van der Waals surface area contributed by atoms with Crippen LogP contribution in [0.25, 0.3) is 0 Å². The van der Waals surface area contributed by atoms with E-state index in [-0.39, 0.29) is 12.0 Å². The molecule has 1 atom stereocenters. The minimum atomic E-state index is -4.15. The molecule has 0 aliphatic carbocycles. The zero-order valence-electron chi connectivity index (χ0n) is 14.9. The SMILES string of the molecule is Cc1ccc(N(C(O)(O)C(O)(O)Cl)C(O)(O)C(O)(O)Cl)cc1C[C@H](N)CC(=O)O. The highest BCUT2D eigenvalue weighted by molar-refractivity contribution is 6.23. The van der Waals surface area contributed by atoms with E-state index in [9.17, 15) is 45.6 Å². The van der Waals surface area contributed by atoms with Crippen molar-refractivity contribution in [2.45, 2.75) is 48.1 Å². The van der Waals surface area contributed by atoms with Crippen molar-refractivity contribution in [2.75, 3.05) is 4.90 Å². The van der Waals surface area contributed by atoms with Gasteiger partial charge in [-0.15, -0.1) is 0 Å². The van der Waals surface area contributed by atoms with E-state index in [2.05, 4.69) is 0 Å². The number of halogens is 2. The average molecular weight is 461 g/mol. The lowest BCUT2D eigenvalue weighted by Gasteiger charge is -2.48. The lowest BCUT2D eigenvalue weighted by molar-refractivity contribution is -0.380. The van der Waals surface area contributed by atoms with E-state index in [0.29, 0.717) is 5.56 Å². The Labute approximate surface area is 174 Å². The summed E-state index contributed by atoms with van der Waals surface area (Å²) in [6.45, 7) is 1.57. The fourth-order valence-corrected chi connectivity index (χ4v) is 2.63. The Bertz CT molecular complexity index is 720. The van der Waals surface area contributed by atoms with Crippen LogP contribution in [0.3, 0.4) is 0 Å². The lowest BCUT2D eigenvalue weighted by Crippen LogP contribution is -2.75. The molecule has 11 N–H and O–H groups in total. The van der Waals surface area contributed by atoms with Crippen molar-refractivity contribution >= 4 is 34.9 Å². The number of aliphatic hydroxyl groups is 8. The molecule has 0 unspecified atom stereocenters. The summed E-state index contributed by atoms with van der Waals surface area (Å²) in [5, 5.41) is 78.9. The summed E-state index contributed by atoms with van der Waals surface area (Å²) >= 11 is 10.2. The molecule has 166 valence electrons. The van der Waals surface area contributed by atoms with E-state index in [4.69, 9.17) is 34.0 Å². The van der Waals surface area contributed by atoms with Crippen LogP contribution >= 0.6 is 23.2 Å². The number of carboxylic acids is 1. The first-order valence-electron chi connectivity index (χ1n) is 7.86. The molecule has 1 rings (SSSR count). The molecule has 12 nitrogen and oxygen atoms in total. The number of rotatable bonds is 9. The topological polar surface area (TPSA) is 228 Å². The van der Waals surface area contributed by atoms with Crippen LogP contribution in [0.1, 0.15) is 17.5 Å². The van der Waals surface area contributed by atoms with E-state index in [0.717, 1.165) is 12.1 Å². The third-order valence-corrected chi connectivity index (χ3v) is 4.49. The molecule has 0 aromatic heterocycles. The lowest BCUT2D eigenvalue weighted by atomic mass is 9.98. The maximum absolute atomic E-state index is 10.8. The molecule has 0 radical (unpaired) electrons. The van der Waals surface area contributed by atoms with Crippen LogP contribution in [-0.2, 0) is 11.2 Å². The van der Waals surface area contributed by atoms with Gasteiger partial charge in [0.1, 0.15) is 0 Å². The van der Waals surface area contributed by atoms with Crippen LogP contribution in [0.15, 0.2) is 18.2 Å². The normalized spacial score (nSPS) is 14.6. The molecule has 29 heavy (non-hydrogen) atoms. The van der Waals surface area contributed by atoms with Gasteiger partial charge in [-0.05, 0) is 59.8 Å². The van der Waals surface area contributed by atoms with Gasteiger partial charge in [-0.2, -0.15) is 0 Å². The number of nitrogens with zero attached hydrogens (tertiary/aromatic N) is 1. The Morgan fingerprint density at radius 2 is 1.48 bits per heavy atom. The van der Waals surface area contributed by atoms with Crippen molar-refractivity contribution in [3.8, 4) is 0 Å². The maximum Gasteiger partial charge on any atom is 0.324 e. The number of carbonyl (C=O) groups is 1. The summed E-state index contributed by atoms with van der Waals surface area (Å²) in [4.78, 5) is 10.3. The van der Waals surface area contributed by atoms with Crippen molar-refractivity contribution in [3.63, 3.8) is 0 Å². The molecule has 0 heterocycles. The van der Waals surface area contributed by atoms with Crippen molar-refractivity contribution in [2.24, 2.45) is 5.73 Å². The van der Waals surface area contributed by atoms with E-state index >= 15 is 0 Å².